The lowest BCUT2D eigenvalue weighted by Crippen LogP contribution is -2.26. The molecule has 2 aromatic carbocycles. The molecule has 1 unspecified atom stereocenters. The van der Waals surface area contributed by atoms with Crippen molar-refractivity contribution >= 4 is 45.7 Å². The van der Waals surface area contributed by atoms with Crippen LogP contribution in [0.25, 0.3) is 0 Å². The number of thiophene rings is 1. The first-order chi connectivity index (χ1) is 17.5. The molecule has 0 saturated heterocycles. The van der Waals surface area contributed by atoms with Gasteiger partial charge in [-0.3, -0.25) is 4.79 Å². The number of carbonyl (C=O) groups excluding carboxylic acids is 1. The molecule has 0 aliphatic carbocycles. The topological polar surface area (TPSA) is 113 Å². The van der Waals surface area contributed by atoms with Crippen LogP contribution in [-0.4, -0.2) is 36.3 Å². The molecular formula is C27H31N5O3S2. The van der Waals surface area contributed by atoms with E-state index in [1.54, 1.807) is 41.5 Å². The van der Waals surface area contributed by atoms with Gasteiger partial charge in [0.1, 0.15) is 0 Å². The maximum absolute atomic E-state index is 13.1. The van der Waals surface area contributed by atoms with E-state index < -0.39 is 11.1 Å². The highest BCUT2D eigenvalue weighted by Crippen LogP contribution is 2.41. The molecule has 2 atom stereocenters. The molecule has 0 aliphatic heterocycles. The molecule has 0 saturated carbocycles. The minimum Gasteiger partial charge on any atom is -0.546 e. The van der Waals surface area contributed by atoms with Gasteiger partial charge >= 0.3 is 0 Å². The van der Waals surface area contributed by atoms with E-state index in [4.69, 9.17) is 0 Å². The fourth-order valence-corrected chi connectivity index (χ4v) is 5.78. The third kappa shape index (κ3) is 6.27. The first-order valence-electron chi connectivity index (χ1n) is 11.8. The van der Waals surface area contributed by atoms with E-state index in [1.165, 1.54) is 4.88 Å². The Hall–Kier alpha value is -3.47. The zero-order valence-electron chi connectivity index (χ0n) is 21.5. The number of hydrogen-bond acceptors (Lipinski definition) is 8. The van der Waals surface area contributed by atoms with Crippen LogP contribution in [0.4, 0.5) is 17.3 Å². The molecule has 0 bridgehead atoms. The highest BCUT2D eigenvalue weighted by Gasteiger charge is 2.31. The maximum Gasteiger partial charge on any atom is 0.257 e. The average Bonchev–Trinajstić information content (AvgIpc) is 3.42. The summed E-state index contributed by atoms with van der Waals surface area (Å²) in [5.74, 6) is 0.0308. The second-order valence-electron chi connectivity index (χ2n) is 9.98. The van der Waals surface area contributed by atoms with Crippen LogP contribution in [-0.2, 0) is 6.54 Å². The number of amides is 1. The number of nitrogens with one attached hydrogen (secondary N) is 2. The molecule has 1 amide bonds. The number of rotatable bonds is 8. The van der Waals surface area contributed by atoms with Crippen molar-refractivity contribution in [3.63, 3.8) is 0 Å². The molecule has 4 aromatic rings. The van der Waals surface area contributed by atoms with Crippen molar-refractivity contribution in [3.8, 4) is 5.75 Å². The second-order valence-corrected chi connectivity index (χ2v) is 12.1. The Morgan fingerprint density at radius 2 is 1.78 bits per heavy atom. The smallest absolute Gasteiger partial charge is 0.257 e. The molecule has 37 heavy (non-hydrogen) atoms. The summed E-state index contributed by atoms with van der Waals surface area (Å²) in [6.07, 6.45) is 0. The Bertz CT molecular complexity index is 1380. The average molecular weight is 538 g/mol. The molecule has 0 aliphatic rings. The molecule has 10 heteroatoms. The molecule has 2 heterocycles. The number of nitrogens with zero attached hydrogens (tertiary/aromatic N) is 3. The number of aromatic hydroxyl groups is 1. The van der Waals surface area contributed by atoms with Gasteiger partial charge in [0.05, 0.1) is 17.3 Å². The van der Waals surface area contributed by atoms with Gasteiger partial charge in [-0.05, 0) is 42.2 Å². The number of aryl methyl sites for hydroxylation is 1. The third-order valence-corrected chi connectivity index (χ3v) is 7.63. The van der Waals surface area contributed by atoms with Gasteiger partial charge in [-0.25, -0.2) is 0 Å². The molecule has 2 aromatic heterocycles. The number of hydrogen-bond donors (Lipinski definition) is 3. The summed E-state index contributed by atoms with van der Waals surface area (Å²) in [6, 6.07) is 18.5. The Balaban J connectivity index is 1.58. The summed E-state index contributed by atoms with van der Waals surface area (Å²) < 4.78 is 20.6. The van der Waals surface area contributed by atoms with Gasteiger partial charge in [-0.1, -0.05) is 57.2 Å². The first kappa shape index (κ1) is 26.6. The van der Waals surface area contributed by atoms with E-state index in [9.17, 15) is 14.5 Å². The molecule has 8 nitrogen and oxygen atoms in total. The lowest BCUT2D eigenvalue weighted by atomic mass is 9.86. The van der Waals surface area contributed by atoms with Crippen LogP contribution >= 0.6 is 22.5 Å². The fraction of sp³-hybridized carbons (Fsp3) is 0.296. The van der Waals surface area contributed by atoms with Crippen molar-refractivity contribution in [1.82, 2.24) is 13.6 Å². The van der Waals surface area contributed by atoms with Crippen LogP contribution < -0.4 is 10.6 Å². The SMILES string of the molecule is Cc1ccc([C@H](Nc2n[s+]([O-])nc2Nc2cccc(C(=O)N(C)Cc3ccccc3)c2O)C(C)(C)C)s1. The van der Waals surface area contributed by atoms with Crippen molar-refractivity contribution in [2.75, 3.05) is 17.7 Å². The molecule has 0 radical (unpaired) electrons. The van der Waals surface area contributed by atoms with Crippen LogP contribution in [0.2, 0.25) is 0 Å². The number of benzene rings is 2. The monoisotopic (exact) mass is 537 g/mol. The lowest BCUT2D eigenvalue weighted by Gasteiger charge is -2.30. The van der Waals surface area contributed by atoms with Crippen molar-refractivity contribution in [3.05, 3.63) is 81.5 Å². The summed E-state index contributed by atoms with van der Waals surface area (Å²) in [7, 11) is 1.69. The minimum atomic E-state index is -1.80. The van der Waals surface area contributed by atoms with Gasteiger partial charge in [0, 0.05) is 32.1 Å². The minimum absolute atomic E-state index is 0.111. The Morgan fingerprint density at radius 1 is 1.08 bits per heavy atom. The molecule has 0 fully saturated rings. The Labute approximate surface area is 224 Å². The number of anilines is 3. The quantitative estimate of drug-likeness (QED) is 0.174. The van der Waals surface area contributed by atoms with Crippen LogP contribution in [0.1, 0.15) is 52.5 Å². The first-order valence-corrected chi connectivity index (χ1v) is 13.7. The van der Waals surface area contributed by atoms with Crippen LogP contribution in [0, 0.1) is 12.3 Å². The number of para-hydroxylation sites is 1. The molecule has 4 rings (SSSR count). The summed E-state index contributed by atoms with van der Waals surface area (Å²) in [4.78, 5) is 17.0. The molecule has 0 spiro atoms. The maximum atomic E-state index is 13.1. The van der Waals surface area contributed by atoms with E-state index in [2.05, 4.69) is 59.2 Å². The van der Waals surface area contributed by atoms with E-state index in [0.29, 0.717) is 12.4 Å². The lowest BCUT2D eigenvalue weighted by molar-refractivity contribution is 0.0782. The summed E-state index contributed by atoms with van der Waals surface area (Å²) in [5.41, 5.74) is 1.23. The van der Waals surface area contributed by atoms with Crippen LogP contribution in [0.15, 0.2) is 60.7 Å². The molecular weight excluding hydrogens is 506 g/mol. The number of phenolic OH excluding ortho intramolecular Hbond substituents is 1. The zero-order valence-corrected chi connectivity index (χ0v) is 23.1. The fourth-order valence-electron chi connectivity index (χ4n) is 3.98. The van der Waals surface area contributed by atoms with Gasteiger partial charge in [-0.2, -0.15) is 0 Å². The summed E-state index contributed by atoms with van der Waals surface area (Å²) in [5, 5.41) is 17.4. The summed E-state index contributed by atoms with van der Waals surface area (Å²) >= 11 is -0.117. The van der Waals surface area contributed by atoms with Gasteiger partial charge < -0.3 is 25.2 Å². The highest BCUT2D eigenvalue weighted by molar-refractivity contribution is 7.14. The number of aromatic nitrogens is 2. The van der Waals surface area contributed by atoms with Crippen molar-refractivity contribution in [1.29, 1.82) is 0 Å². The van der Waals surface area contributed by atoms with Gasteiger partial charge in [0.15, 0.2) is 16.9 Å². The van der Waals surface area contributed by atoms with Crippen molar-refractivity contribution < 1.29 is 14.5 Å². The zero-order chi connectivity index (χ0) is 26.7. The Kier molecular flexibility index (Phi) is 7.82. The van der Waals surface area contributed by atoms with Gasteiger partial charge in [0.2, 0.25) is 11.6 Å². The van der Waals surface area contributed by atoms with E-state index in [1.807, 2.05) is 30.3 Å². The van der Waals surface area contributed by atoms with Crippen molar-refractivity contribution in [2.24, 2.45) is 5.41 Å². The molecule has 3 N–H and O–H groups in total. The largest absolute Gasteiger partial charge is 0.546 e. The van der Waals surface area contributed by atoms with Crippen LogP contribution in [0.3, 0.4) is 0 Å². The third-order valence-electron chi connectivity index (χ3n) is 5.88. The predicted molar refractivity (Wildman–Crippen MR) is 149 cm³/mol. The van der Waals surface area contributed by atoms with Gasteiger partial charge in [0.25, 0.3) is 5.91 Å². The van der Waals surface area contributed by atoms with Crippen molar-refractivity contribution in [2.45, 2.75) is 40.3 Å². The highest BCUT2D eigenvalue weighted by atomic mass is 32.2. The molecule has 194 valence electrons. The number of carbonyl (C=O) groups is 1. The second kappa shape index (κ2) is 10.9. The van der Waals surface area contributed by atoms with E-state index in [0.717, 1.165) is 10.4 Å². The normalized spacial score (nSPS) is 12.8. The van der Waals surface area contributed by atoms with Gasteiger partial charge in [-0.15, -0.1) is 11.3 Å². The summed E-state index contributed by atoms with van der Waals surface area (Å²) in [6.45, 7) is 8.80. The van der Waals surface area contributed by atoms with Crippen LogP contribution in [0.5, 0.6) is 5.75 Å². The van der Waals surface area contributed by atoms with E-state index in [-0.39, 0.29) is 40.2 Å². The Morgan fingerprint density at radius 3 is 2.43 bits per heavy atom. The number of phenols is 1. The standard InChI is InChI=1S/C27H31N5O3S2/c1-17-14-15-21(36-17)23(27(2,3)4)29-25-24(30-37(35)31-25)28-20-13-9-12-19(22(20)33)26(34)32(5)16-18-10-7-6-8-11-18/h6-15,23,33H,16H2,1-5H3,(H,28,30)(H,29,31)/t23-,37?/m0/s1. The predicted octanol–water partition coefficient (Wildman–Crippen LogP) is 6.49. The van der Waals surface area contributed by atoms with E-state index >= 15 is 0 Å².